The van der Waals surface area contributed by atoms with E-state index in [0.717, 1.165) is 11.1 Å². The summed E-state index contributed by atoms with van der Waals surface area (Å²) in [7, 11) is -3.72. The Morgan fingerprint density at radius 3 is 2.41 bits per heavy atom. The number of hydrogen-bond donors (Lipinski definition) is 2. The molecule has 0 bridgehead atoms. The van der Waals surface area contributed by atoms with E-state index in [1.54, 1.807) is 38.1 Å². The molecule has 0 aliphatic carbocycles. The Morgan fingerprint density at radius 2 is 1.83 bits per heavy atom. The molecule has 1 heterocycles. The van der Waals surface area contributed by atoms with Crippen molar-refractivity contribution in [1.29, 1.82) is 0 Å². The molecule has 0 spiro atoms. The minimum Gasteiger partial charge on any atom is -0.457 e. The third kappa shape index (κ3) is 5.29. The van der Waals surface area contributed by atoms with Crippen LogP contribution < -0.4 is 4.72 Å². The van der Waals surface area contributed by atoms with E-state index >= 15 is 0 Å². The van der Waals surface area contributed by atoms with E-state index in [2.05, 4.69) is 9.71 Å². The van der Waals surface area contributed by atoms with Crippen molar-refractivity contribution in [3.8, 4) is 0 Å². The van der Waals surface area contributed by atoms with E-state index in [1.807, 2.05) is 30.3 Å². The van der Waals surface area contributed by atoms with Crippen LogP contribution in [0, 0.1) is 0 Å². The lowest BCUT2D eigenvalue weighted by Gasteiger charge is -2.39. The first-order valence-corrected chi connectivity index (χ1v) is 11.3. The van der Waals surface area contributed by atoms with Crippen molar-refractivity contribution in [2.24, 2.45) is 4.99 Å². The van der Waals surface area contributed by atoms with Gasteiger partial charge in [0.15, 0.2) is 0 Å². The summed E-state index contributed by atoms with van der Waals surface area (Å²) in [5, 5.41) is 9.23. The molecule has 0 saturated carbocycles. The van der Waals surface area contributed by atoms with Gasteiger partial charge in [0.25, 0.3) is 6.02 Å². The summed E-state index contributed by atoms with van der Waals surface area (Å²) >= 11 is 5.94. The molecular formula is C21H25ClN2O4S. The number of nitrogens with one attached hydrogen (secondary N) is 1. The summed E-state index contributed by atoms with van der Waals surface area (Å²) in [6.07, 6.45) is 0.651. The Balaban J connectivity index is 1.87. The van der Waals surface area contributed by atoms with E-state index in [-0.39, 0.29) is 12.6 Å². The fraction of sp³-hybridized carbons (Fsp3) is 0.381. The molecule has 0 amide bonds. The van der Waals surface area contributed by atoms with Crippen molar-refractivity contribution in [3.63, 3.8) is 0 Å². The van der Waals surface area contributed by atoms with Gasteiger partial charge in [-0.05, 0) is 49.9 Å². The van der Waals surface area contributed by atoms with Crippen molar-refractivity contribution >= 4 is 27.6 Å². The van der Waals surface area contributed by atoms with Gasteiger partial charge in [0.2, 0.25) is 10.0 Å². The second-order valence-corrected chi connectivity index (χ2v) is 9.84. The van der Waals surface area contributed by atoms with Crippen molar-refractivity contribution in [1.82, 2.24) is 4.72 Å². The van der Waals surface area contributed by atoms with Crippen LogP contribution in [-0.2, 0) is 21.2 Å². The minimum atomic E-state index is -3.72. The molecule has 0 radical (unpaired) electrons. The SMILES string of the molecule is CC1(C)OC(=N[C@@H](CCO)c2ccc(Cl)cc2)NS(=O)(=O)C1Cc1ccccc1. The molecule has 1 unspecified atom stereocenters. The normalized spacial score (nSPS) is 22.5. The minimum absolute atomic E-state index is 0.0623. The molecule has 0 aromatic heterocycles. The molecule has 1 saturated heterocycles. The number of ether oxygens (including phenoxy) is 1. The van der Waals surface area contributed by atoms with Gasteiger partial charge in [0, 0.05) is 11.6 Å². The van der Waals surface area contributed by atoms with Crippen molar-refractivity contribution in [2.75, 3.05) is 6.61 Å². The Hall–Kier alpha value is -2.09. The van der Waals surface area contributed by atoms with Crippen LogP contribution in [0.15, 0.2) is 59.6 Å². The highest BCUT2D eigenvalue weighted by Gasteiger charge is 2.47. The number of nitrogens with zero attached hydrogens (tertiary/aromatic N) is 1. The van der Waals surface area contributed by atoms with E-state index in [1.165, 1.54) is 0 Å². The van der Waals surface area contributed by atoms with E-state index in [4.69, 9.17) is 16.3 Å². The molecule has 1 fully saturated rings. The maximum absolute atomic E-state index is 13.0. The van der Waals surface area contributed by atoms with Gasteiger partial charge in [-0.1, -0.05) is 54.1 Å². The molecule has 29 heavy (non-hydrogen) atoms. The molecule has 6 nitrogen and oxygen atoms in total. The smallest absolute Gasteiger partial charge is 0.299 e. The number of hydrogen-bond acceptors (Lipinski definition) is 5. The molecule has 156 valence electrons. The molecule has 2 N–H and O–H groups in total. The maximum Gasteiger partial charge on any atom is 0.299 e. The Labute approximate surface area is 176 Å². The van der Waals surface area contributed by atoms with Gasteiger partial charge in [-0.25, -0.2) is 18.1 Å². The van der Waals surface area contributed by atoms with E-state index in [9.17, 15) is 13.5 Å². The predicted octanol–water partition coefficient (Wildman–Crippen LogP) is 3.46. The number of aliphatic hydroxyl groups excluding tert-OH is 1. The highest BCUT2D eigenvalue weighted by Crippen LogP contribution is 2.30. The second kappa shape index (κ2) is 8.73. The molecule has 3 rings (SSSR count). The summed E-state index contributed by atoms with van der Waals surface area (Å²) in [6.45, 7) is 3.40. The zero-order valence-corrected chi connectivity index (χ0v) is 17.9. The lowest BCUT2D eigenvalue weighted by molar-refractivity contribution is 0.0759. The van der Waals surface area contributed by atoms with Crippen molar-refractivity contribution in [2.45, 2.75) is 43.6 Å². The molecular weight excluding hydrogens is 412 g/mol. The van der Waals surface area contributed by atoms with Gasteiger partial charge in [-0.2, -0.15) is 0 Å². The van der Waals surface area contributed by atoms with Gasteiger partial charge in [0.05, 0.1) is 6.04 Å². The monoisotopic (exact) mass is 436 g/mol. The molecule has 1 aliphatic heterocycles. The summed E-state index contributed by atoms with van der Waals surface area (Å²) in [4.78, 5) is 4.46. The first-order valence-electron chi connectivity index (χ1n) is 9.40. The van der Waals surface area contributed by atoms with Gasteiger partial charge in [0.1, 0.15) is 10.9 Å². The average Bonchev–Trinajstić information content (AvgIpc) is 2.65. The van der Waals surface area contributed by atoms with Crippen LogP contribution in [0.4, 0.5) is 0 Å². The standard InChI is InChI=1S/C21H25ClN2O4S/c1-21(2)19(14-15-6-4-3-5-7-15)29(26,27)24-20(28-21)23-18(12-13-25)16-8-10-17(22)11-9-16/h3-11,18-19,25H,12-14H2,1-2H3,(H,23,24)/t18-,19?/m0/s1. The summed E-state index contributed by atoms with van der Waals surface area (Å²) in [6, 6.07) is 16.0. The summed E-state index contributed by atoms with van der Waals surface area (Å²) < 4.78 is 34.4. The molecule has 8 heteroatoms. The third-order valence-corrected chi connectivity index (χ3v) is 7.13. The first kappa shape index (κ1) is 21.6. The predicted molar refractivity (Wildman–Crippen MR) is 114 cm³/mol. The fourth-order valence-electron chi connectivity index (χ4n) is 3.39. The molecule has 1 aliphatic rings. The third-order valence-electron chi connectivity index (χ3n) is 4.93. The number of benzene rings is 2. The number of halogens is 1. The Kier molecular flexibility index (Phi) is 6.51. The van der Waals surface area contributed by atoms with Crippen LogP contribution >= 0.6 is 11.6 Å². The van der Waals surface area contributed by atoms with Crippen LogP contribution in [0.2, 0.25) is 5.02 Å². The largest absolute Gasteiger partial charge is 0.457 e. The van der Waals surface area contributed by atoms with Gasteiger partial charge < -0.3 is 9.84 Å². The van der Waals surface area contributed by atoms with Gasteiger partial charge in [-0.3, -0.25) is 0 Å². The summed E-state index contributed by atoms with van der Waals surface area (Å²) in [5.74, 6) is 0. The van der Waals surface area contributed by atoms with E-state index in [0.29, 0.717) is 17.9 Å². The molecule has 2 aromatic carbocycles. The van der Waals surface area contributed by atoms with E-state index < -0.39 is 26.9 Å². The lowest BCUT2D eigenvalue weighted by Crippen LogP contribution is -2.59. The number of aliphatic imine (C=N–C) groups is 1. The molecule has 2 atom stereocenters. The fourth-order valence-corrected chi connectivity index (χ4v) is 5.21. The van der Waals surface area contributed by atoms with Crippen molar-refractivity contribution in [3.05, 3.63) is 70.7 Å². The topological polar surface area (TPSA) is 88.0 Å². The number of amidine groups is 1. The van der Waals surface area contributed by atoms with Crippen LogP contribution in [-0.4, -0.2) is 37.0 Å². The number of rotatable bonds is 6. The number of aliphatic hydroxyl groups is 1. The maximum atomic E-state index is 13.0. The van der Waals surface area contributed by atoms with Crippen molar-refractivity contribution < 1.29 is 18.3 Å². The highest BCUT2D eigenvalue weighted by molar-refractivity contribution is 7.90. The molecule has 2 aromatic rings. The first-order chi connectivity index (χ1) is 13.7. The van der Waals surface area contributed by atoms with Crippen LogP contribution in [0.5, 0.6) is 0 Å². The Morgan fingerprint density at radius 1 is 1.17 bits per heavy atom. The summed E-state index contributed by atoms with van der Waals surface area (Å²) in [5.41, 5.74) is 0.741. The van der Waals surface area contributed by atoms with Gasteiger partial charge >= 0.3 is 0 Å². The second-order valence-electron chi connectivity index (χ2n) is 7.54. The zero-order chi connectivity index (χ0) is 21.1. The van der Waals surface area contributed by atoms with Crippen LogP contribution in [0.3, 0.4) is 0 Å². The van der Waals surface area contributed by atoms with Crippen LogP contribution in [0.1, 0.15) is 37.4 Å². The quantitative estimate of drug-likeness (QED) is 0.725. The Bertz CT molecular complexity index is 960. The van der Waals surface area contributed by atoms with Gasteiger partial charge in [-0.15, -0.1) is 0 Å². The zero-order valence-electron chi connectivity index (χ0n) is 16.4. The average molecular weight is 437 g/mol. The number of sulfonamides is 1. The van der Waals surface area contributed by atoms with Crippen LogP contribution in [0.25, 0.3) is 0 Å². The lowest BCUT2D eigenvalue weighted by atomic mass is 9.97. The highest BCUT2D eigenvalue weighted by atomic mass is 35.5.